The normalized spacial score (nSPS) is 12.9. The first-order chi connectivity index (χ1) is 17.3. The van der Waals surface area contributed by atoms with E-state index < -0.39 is 23.8 Å². The zero-order valence-electron chi connectivity index (χ0n) is 23.2. The maximum atomic E-state index is 14.0. The van der Waals surface area contributed by atoms with Gasteiger partial charge in [-0.1, -0.05) is 55.3 Å². The summed E-state index contributed by atoms with van der Waals surface area (Å²) < 4.78 is 5.34. The van der Waals surface area contributed by atoms with Crippen molar-refractivity contribution in [2.75, 3.05) is 11.9 Å². The van der Waals surface area contributed by atoms with Gasteiger partial charge in [-0.05, 0) is 83.2 Å². The zero-order chi connectivity index (χ0) is 27.9. The van der Waals surface area contributed by atoms with Gasteiger partial charge in [0, 0.05) is 6.54 Å². The van der Waals surface area contributed by atoms with E-state index >= 15 is 0 Å². The van der Waals surface area contributed by atoms with Crippen LogP contribution in [0.3, 0.4) is 0 Å². The van der Waals surface area contributed by atoms with Gasteiger partial charge in [0.25, 0.3) is 5.91 Å². The predicted octanol–water partition coefficient (Wildman–Crippen LogP) is 6.49. The van der Waals surface area contributed by atoms with Gasteiger partial charge in [0.2, 0.25) is 5.91 Å². The first-order valence-electron chi connectivity index (χ1n) is 12.7. The quantitative estimate of drug-likeness (QED) is 0.389. The lowest BCUT2D eigenvalue weighted by Crippen LogP contribution is -2.51. The molecule has 2 aromatic rings. The highest BCUT2D eigenvalue weighted by Gasteiger charge is 2.36. The molecule has 0 radical (unpaired) electrons. The molecule has 0 bridgehead atoms. The van der Waals surface area contributed by atoms with Crippen LogP contribution < -0.4 is 10.6 Å². The third kappa shape index (κ3) is 8.22. The second kappa shape index (κ2) is 13.0. The molecule has 0 saturated heterocycles. The summed E-state index contributed by atoms with van der Waals surface area (Å²) in [5, 5.41) is 6.02. The van der Waals surface area contributed by atoms with E-state index in [1.54, 1.807) is 38.7 Å². The molecule has 0 fully saturated rings. The molecule has 2 aromatic carbocycles. The number of alkyl carbamates (subject to hydrolysis) is 1. The Labute approximate surface area is 225 Å². The number of halogens is 1. The molecule has 0 spiro atoms. The summed E-state index contributed by atoms with van der Waals surface area (Å²) in [6, 6.07) is 9.33. The fourth-order valence-electron chi connectivity index (χ4n) is 4.16. The second-order valence-electron chi connectivity index (χ2n) is 10.4. The topological polar surface area (TPSA) is 87.7 Å². The molecule has 7 nitrogen and oxygen atoms in total. The number of benzene rings is 2. The monoisotopic (exact) mass is 529 g/mol. The first kappa shape index (κ1) is 30.2. The van der Waals surface area contributed by atoms with Crippen LogP contribution in [-0.4, -0.2) is 41.0 Å². The van der Waals surface area contributed by atoms with Gasteiger partial charge in [-0.3, -0.25) is 9.59 Å². The number of hydrogen-bond donors (Lipinski definition) is 2. The van der Waals surface area contributed by atoms with Gasteiger partial charge in [-0.15, -0.1) is 0 Å². The average molecular weight is 530 g/mol. The number of nitrogens with zero attached hydrogens (tertiary/aromatic N) is 1. The molecule has 2 atom stereocenters. The molecule has 0 heterocycles. The Bertz CT molecular complexity index is 1090. The van der Waals surface area contributed by atoms with Crippen LogP contribution in [0.25, 0.3) is 0 Å². The number of unbranched alkanes of at least 4 members (excludes halogenated alkanes) is 1. The number of rotatable bonds is 9. The first-order valence-corrected chi connectivity index (χ1v) is 13.1. The predicted molar refractivity (Wildman–Crippen MR) is 149 cm³/mol. The summed E-state index contributed by atoms with van der Waals surface area (Å²) in [6.07, 6.45) is 0.816. The molecule has 37 heavy (non-hydrogen) atoms. The molecular formula is C29H40ClN3O4. The number of carbonyl (C=O) groups excluding carboxylic acids is 3. The molecule has 0 aliphatic rings. The molecule has 2 N–H and O–H groups in total. The lowest BCUT2D eigenvalue weighted by molar-refractivity contribution is -0.140. The van der Waals surface area contributed by atoms with Crippen molar-refractivity contribution >= 4 is 35.2 Å². The van der Waals surface area contributed by atoms with Crippen molar-refractivity contribution < 1.29 is 19.1 Å². The second-order valence-corrected chi connectivity index (χ2v) is 10.8. The van der Waals surface area contributed by atoms with E-state index in [1.165, 1.54) is 0 Å². The Kier molecular flexibility index (Phi) is 10.6. The fraction of sp³-hybridized carbons (Fsp3) is 0.483. The third-order valence-electron chi connectivity index (χ3n) is 5.99. The highest BCUT2D eigenvalue weighted by molar-refractivity contribution is 6.34. The summed E-state index contributed by atoms with van der Waals surface area (Å²) in [5.74, 6) is -0.750. The van der Waals surface area contributed by atoms with E-state index in [2.05, 4.69) is 10.6 Å². The van der Waals surface area contributed by atoms with Crippen LogP contribution in [0.2, 0.25) is 5.02 Å². The van der Waals surface area contributed by atoms with Crippen LogP contribution in [0.15, 0.2) is 36.4 Å². The van der Waals surface area contributed by atoms with Crippen molar-refractivity contribution in [2.45, 2.75) is 85.9 Å². The Morgan fingerprint density at radius 3 is 2.11 bits per heavy atom. The van der Waals surface area contributed by atoms with Gasteiger partial charge < -0.3 is 20.3 Å². The number of ether oxygens (including phenoxy) is 1. The van der Waals surface area contributed by atoms with E-state index in [9.17, 15) is 14.4 Å². The molecule has 2 rings (SSSR count). The number of para-hydroxylation sites is 1. The van der Waals surface area contributed by atoms with Crippen molar-refractivity contribution in [3.05, 3.63) is 63.7 Å². The number of carbonyl (C=O) groups is 3. The van der Waals surface area contributed by atoms with Crippen LogP contribution in [0.4, 0.5) is 10.5 Å². The van der Waals surface area contributed by atoms with Crippen molar-refractivity contribution in [1.29, 1.82) is 0 Å². The van der Waals surface area contributed by atoms with Crippen LogP contribution in [-0.2, 0) is 14.3 Å². The van der Waals surface area contributed by atoms with Crippen molar-refractivity contribution in [3.63, 3.8) is 0 Å². The SMILES string of the molecule is CCCCN(C(=O)C(C)NC(=O)OC(C)(C)C)C(C(=O)Nc1c(C)cccc1Cl)c1c(C)cccc1C. The Morgan fingerprint density at radius 1 is 1.00 bits per heavy atom. The molecule has 0 aromatic heterocycles. The van der Waals surface area contributed by atoms with Crippen LogP contribution in [0, 0.1) is 20.8 Å². The lowest BCUT2D eigenvalue weighted by atomic mass is 9.93. The molecule has 0 aliphatic heterocycles. The maximum absolute atomic E-state index is 14.0. The molecule has 202 valence electrons. The van der Waals surface area contributed by atoms with Crippen LogP contribution in [0.1, 0.15) is 75.8 Å². The van der Waals surface area contributed by atoms with Gasteiger partial charge in [-0.2, -0.15) is 0 Å². The molecule has 2 unspecified atom stereocenters. The zero-order valence-corrected chi connectivity index (χ0v) is 24.0. The van der Waals surface area contributed by atoms with E-state index in [-0.39, 0.29) is 11.8 Å². The summed E-state index contributed by atoms with van der Waals surface area (Å²) in [7, 11) is 0. The Morgan fingerprint density at radius 2 is 1.57 bits per heavy atom. The van der Waals surface area contributed by atoms with Crippen molar-refractivity contribution in [3.8, 4) is 0 Å². The van der Waals surface area contributed by atoms with Gasteiger partial charge in [0.05, 0.1) is 10.7 Å². The Hall–Kier alpha value is -3.06. The van der Waals surface area contributed by atoms with E-state index in [0.29, 0.717) is 23.7 Å². The number of hydrogen-bond acceptors (Lipinski definition) is 4. The van der Waals surface area contributed by atoms with Gasteiger partial charge >= 0.3 is 6.09 Å². The summed E-state index contributed by atoms with van der Waals surface area (Å²) in [6.45, 7) is 14.9. The largest absolute Gasteiger partial charge is 0.444 e. The lowest BCUT2D eigenvalue weighted by Gasteiger charge is -2.35. The van der Waals surface area contributed by atoms with Gasteiger partial charge in [0.15, 0.2) is 0 Å². The number of anilines is 1. The number of nitrogens with one attached hydrogen (secondary N) is 2. The molecular weight excluding hydrogens is 490 g/mol. The molecule has 3 amide bonds. The van der Waals surface area contributed by atoms with Crippen LogP contribution >= 0.6 is 11.6 Å². The number of aryl methyl sites for hydroxylation is 3. The van der Waals surface area contributed by atoms with E-state index in [1.807, 2.05) is 58.0 Å². The van der Waals surface area contributed by atoms with Crippen molar-refractivity contribution in [1.82, 2.24) is 10.2 Å². The van der Waals surface area contributed by atoms with Gasteiger partial charge in [0.1, 0.15) is 17.7 Å². The van der Waals surface area contributed by atoms with Crippen molar-refractivity contribution in [2.24, 2.45) is 0 Å². The summed E-state index contributed by atoms with van der Waals surface area (Å²) in [4.78, 5) is 41.8. The third-order valence-corrected chi connectivity index (χ3v) is 6.30. The Balaban J connectivity index is 2.54. The minimum Gasteiger partial charge on any atom is -0.444 e. The molecule has 0 saturated carbocycles. The number of amides is 3. The highest BCUT2D eigenvalue weighted by Crippen LogP contribution is 2.32. The molecule has 0 aliphatic carbocycles. The molecule has 8 heteroatoms. The fourth-order valence-corrected chi connectivity index (χ4v) is 4.43. The minimum atomic E-state index is -0.932. The highest BCUT2D eigenvalue weighted by atomic mass is 35.5. The summed E-state index contributed by atoms with van der Waals surface area (Å²) >= 11 is 6.42. The van der Waals surface area contributed by atoms with Gasteiger partial charge in [-0.25, -0.2) is 4.79 Å². The van der Waals surface area contributed by atoms with E-state index in [4.69, 9.17) is 16.3 Å². The standard InChI is InChI=1S/C29H40ClN3O4/c1-9-10-17-33(27(35)21(5)31-28(36)37-29(6,7)8)25(23-18(2)13-11-14-19(23)3)26(34)32-24-20(4)15-12-16-22(24)30/h11-16,21,25H,9-10,17H2,1-8H3,(H,31,36)(H,32,34). The minimum absolute atomic E-state index is 0.336. The van der Waals surface area contributed by atoms with Crippen LogP contribution in [0.5, 0.6) is 0 Å². The average Bonchev–Trinajstić information content (AvgIpc) is 2.78. The summed E-state index contributed by atoms with van der Waals surface area (Å²) in [5.41, 5.74) is 3.14. The van der Waals surface area contributed by atoms with E-state index in [0.717, 1.165) is 28.7 Å². The maximum Gasteiger partial charge on any atom is 0.408 e. The smallest absolute Gasteiger partial charge is 0.408 e.